The number of hydrogen-bond donors (Lipinski definition) is 2. The van der Waals surface area contributed by atoms with Gasteiger partial charge in [0.15, 0.2) is 0 Å². The fourth-order valence-corrected chi connectivity index (χ4v) is 5.51. The normalized spacial score (nSPS) is 14.9. The Labute approximate surface area is 230 Å². The van der Waals surface area contributed by atoms with Gasteiger partial charge in [-0.15, -0.1) is 0 Å². The topological polar surface area (TPSA) is 61.4 Å². The van der Waals surface area contributed by atoms with Crippen molar-refractivity contribution in [2.75, 3.05) is 25.0 Å². The van der Waals surface area contributed by atoms with Crippen LogP contribution in [0.5, 0.6) is 0 Å². The number of carbonyl (C=O) groups excluding carboxylic acids is 2. The lowest BCUT2D eigenvalue weighted by atomic mass is 9.88. The molecule has 0 bridgehead atoms. The summed E-state index contributed by atoms with van der Waals surface area (Å²) in [5, 5.41) is 6.09. The first kappa shape index (κ1) is 26.4. The number of likely N-dealkylation sites (N-methyl/N-ethyl adjacent to an activating group) is 1. The Hall–Kier alpha value is -4.22. The molecule has 0 spiro atoms. The number of nitrogens with zero attached hydrogens (tertiary/aromatic N) is 1. The number of nitrogens with one attached hydrogen (secondary N) is 2. The molecule has 1 heterocycles. The Morgan fingerprint density at radius 2 is 1.41 bits per heavy atom. The maximum absolute atomic E-state index is 13.2. The molecule has 4 aromatic rings. The third-order valence-electron chi connectivity index (χ3n) is 7.51. The predicted molar refractivity (Wildman–Crippen MR) is 158 cm³/mol. The molecule has 1 aliphatic heterocycles. The van der Waals surface area contributed by atoms with E-state index in [0.29, 0.717) is 18.0 Å². The largest absolute Gasteiger partial charge is 0.355 e. The number of rotatable bonds is 8. The molecule has 0 aromatic heterocycles. The van der Waals surface area contributed by atoms with E-state index in [2.05, 4.69) is 27.7 Å². The lowest BCUT2D eigenvalue weighted by Crippen LogP contribution is -2.44. The van der Waals surface area contributed by atoms with E-state index in [1.165, 1.54) is 5.56 Å². The van der Waals surface area contributed by atoms with Crippen LogP contribution in [-0.4, -0.2) is 36.3 Å². The second-order valence-electron chi connectivity index (χ2n) is 10.0. The van der Waals surface area contributed by atoms with Crippen LogP contribution in [0.25, 0.3) is 11.1 Å². The summed E-state index contributed by atoms with van der Waals surface area (Å²) < 4.78 is 0. The molecule has 0 radical (unpaired) electrons. The number of likely N-dealkylation sites (tertiary alicyclic amines) is 1. The maximum atomic E-state index is 13.2. The van der Waals surface area contributed by atoms with Crippen LogP contribution in [0.3, 0.4) is 0 Å². The number of hydrogen-bond acceptors (Lipinski definition) is 3. The van der Waals surface area contributed by atoms with Crippen molar-refractivity contribution in [1.29, 1.82) is 0 Å². The van der Waals surface area contributed by atoms with Gasteiger partial charge in [0.2, 0.25) is 5.91 Å². The number of carbonyl (C=O) groups is 2. The molecule has 0 saturated carbocycles. The fraction of sp³-hybridized carbons (Fsp3) is 0.235. The Bertz CT molecular complexity index is 1380. The second-order valence-corrected chi connectivity index (χ2v) is 10.0. The van der Waals surface area contributed by atoms with Crippen molar-refractivity contribution in [2.24, 2.45) is 0 Å². The van der Waals surface area contributed by atoms with Crippen LogP contribution in [0.2, 0.25) is 0 Å². The highest BCUT2D eigenvalue weighted by Crippen LogP contribution is 2.33. The van der Waals surface area contributed by atoms with E-state index in [4.69, 9.17) is 0 Å². The van der Waals surface area contributed by atoms with Crippen molar-refractivity contribution < 1.29 is 9.59 Å². The number of piperidine rings is 1. The van der Waals surface area contributed by atoms with Gasteiger partial charge in [-0.2, -0.15) is 0 Å². The van der Waals surface area contributed by atoms with Gasteiger partial charge in [-0.3, -0.25) is 14.5 Å². The Balaban J connectivity index is 1.23. The fourth-order valence-electron chi connectivity index (χ4n) is 5.51. The molecule has 1 aliphatic rings. The Kier molecular flexibility index (Phi) is 8.49. The summed E-state index contributed by atoms with van der Waals surface area (Å²) in [5.41, 5.74) is 5.68. The first-order valence-corrected chi connectivity index (χ1v) is 13.8. The molecule has 4 aromatic carbocycles. The minimum atomic E-state index is -0.261. The van der Waals surface area contributed by atoms with Gasteiger partial charge in [0, 0.05) is 17.8 Å². The van der Waals surface area contributed by atoms with Crippen molar-refractivity contribution in [3.63, 3.8) is 0 Å². The first-order chi connectivity index (χ1) is 19.1. The van der Waals surface area contributed by atoms with Crippen molar-refractivity contribution in [3.05, 3.63) is 126 Å². The zero-order chi connectivity index (χ0) is 27.0. The molecule has 0 aliphatic carbocycles. The molecular formula is C34H35N3O2. The number of anilines is 1. The van der Waals surface area contributed by atoms with Gasteiger partial charge >= 0.3 is 0 Å². The van der Waals surface area contributed by atoms with Crippen molar-refractivity contribution in [1.82, 2.24) is 10.2 Å². The molecule has 1 saturated heterocycles. The van der Waals surface area contributed by atoms with Crippen LogP contribution in [-0.2, 0) is 4.79 Å². The highest BCUT2D eigenvalue weighted by Gasteiger charge is 2.31. The minimum Gasteiger partial charge on any atom is -0.355 e. The summed E-state index contributed by atoms with van der Waals surface area (Å²) in [7, 11) is 0. The lowest BCUT2D eigenvalue weighted by Gasteiger charge is -2.37. The highest BCUT2D eigenvalue weighted by atomic mass is 16.2. The summed E-state index contributed by atoms with van der Waals surface area (Å²) in [5.74, 6) is 0.374. The minimum absolute atomic E-state index is 0.0658. The lowest BCUT2D eigenvalue weighted by molar-refractivity contribution is -0.127. The zero-order valence-corrected chi connectivity index (χ0v) is 22.3. The first-order valence-electron chi connectivity index (χ1n) is 13.8. The van der Waals surface area contributed by atoms with E-state index in [0.717, 1.165) is 48.3 Å². The van der Waals surface area contributed by atoms with E-state index in [1.54, 1.807) is 0 Å². The molecule has 5 rings (SSSR count). The van der Waals surface area contributed by atoms with E-state index >= 15 is 0 Å². The van der Waals surface area contributed by atoms with Gasteiger partial charge in [-0.05, 0) is 79.2 Å². The van der Waals surface area contributed by atoms with Crippen molar-refractivity contribution >= 4 is 17.5 Å². The van der Waals surface area contributed by atoms with Gasteiger partial charge in [-0.1, -0.05) is 91.0 Å². The van der Waals surface area contributed by atoms with Crippen LogP contribution < -0.4 is 10.6 Å². The van der Waals surface area contributed by atoms with E-state index in [9.17, 15) is 9.59 Å². The van der Waals surface area contributed by atoms with Crippen LogP contribution in [0.15, 0.2) is 109 Å². The highest BCUT2D eigenvalue weighted by molar-refractivity contribution is 6.08. The number of benzene rings is 4. The van der Waals surface area contributed by atoms with E-state index in [-0.39, 0.29) is 17.9 Å². The molecule has 1 unspecified atom stereocenters. The van der Waals surface area contributed by atoms with Gasteiger partial charge < -0.3 is 10.6 Å². The van der Waals surface area contributed by atoms with E-state index < -0.39 is 0 Å². The molecule has 5 heteroatoms. The molecule has 39 heavy (non-hydrogen) atoms. The van der Waals surface area contributed by atoms with Crippen molar-refractivity contribution in [2.45, 2.75) is 31.7 Å². The van der Waals surface area contributed by atoms with Gasteiger partial charge in [0.1, 0.15) is 6.04 Å². The average Bonchev–Trinajstić information content (AvgIpc) is 2.99. The molecule has 2 N–H and O–H groups in total. The Morgan fingerprint density at radius 3 is 2.08 bits per heavy atom. The van der Waals surface area contributed by atoms with E-state index in [1.807, 2.05) is 104 Å². The van der Waals surface area contributed by atoms with Crippen molar-refractivity contribution in [3.8, 4) is 11.1 Å². The SMILES string of the molecule is CCNC(=O)C(c1ccccc1)N1CCC(c2ccc(NC(=O)c3ccccc3-c3ccccc3)cc2)CC1. The monoisotopic (exact) mass is 517 g/mol. The summed E-state index contributed by atoms with van der Waals surface area (Å²) in [6, 6.07) is 35.7. The maximum Gasteiger partial charge on any atom is 0.256 e. The summed E-state index contributed by atoms with van der Waals surface area (Å²) in [6.07, 6.45) is 1.97. The number of amides is 2. The molecule has 5 nitrogen and oxygen atoms in total. The van der Waals surface area contributed by atoms with Crippen LogP contribution in [0.1, 0.15) is 53.2 Å². The van der Waals surface area contributed by atoms with Crippen LogP contribution in [0.4, 0.5) is 5.69 Å². The zero-order valence-electron chi connectivity index (χ0n) is 22.3. The smallest absolute Gasteiger partial charge is 0.256 e. The summed E-state index contributed by atoms with van der Waals surface area (Å²) in [6.45, 7) is 4.30. The Morgan fingerprint density at radius 1 is 0.795 bits per heavy atom. The van der Waals surface area contributed by atoms with Gasteiger partial charge in [0.25, 0.3) is 5.91 Å². The van der Waals surface area contributed by atoms with Gasteiger partial charge in [-0.25, -0.2) is 0 Å². The molecule has 1 fully saturated rings. The molecule has 2 amide bonds. The quantitative estimate of drug-likeness (QED) is 0.275. The standard InChI is InChI=1S/C34H35N3O2/c1-2-35-34(39)32(28-13-7-4-8-14-28)37-23-21-26(22-24-37)25-17-19-29(20-18-25)36-33(38)31-16-10-9-15-30(31)27-11-5-3-6-12-27/h3-20,26,32H,2,21-24H2,1H3,(H,35,39)(H,36,38). The molecular weight excluding hydrogens is 482 g/mol. The summed E-state index contributed by atoms with van der Waals surface area (Å²) in [4.78, 5) is 28.4. The van der Waals surface area contributed by atoms with Crippen LogP contribution in [0, 0.1) is 0 Å². The average molecular weight is 518 g/mol. The third kappa shape index (κ3) is 6.27. The second kappa shape index (κ2) is 12.5. The molecule has 1 atom stereocenters. The molecule has 198 valence electrons. The van der Waals surface area contributed by atoms with Crippen LogP contribution >= 0.6 is 0 Å². The third-order valence-corrected chi connectivity index (χ3v) is 7.51. The van der Waals surface area contributed by atoms with Gasteiger partial charge in [0.05, 0.1) is 0 Å². The predicted octanol–water partition coefficient (Wildman–Crippen LogP) is 6.66. The summed E-state index contributed by atoms with van der Waals surface area (Å²) >= 11 is 0.